The van der Waals surface area contributed by atoms with Crippen molar-refractivity contribution >= 4 is 11.6 Å². The van der Waals surface area contributed by atoms with E-state index in [4.69, 9.17) is 10.5 Å². The molecule has 4 nitrogen and oxygen atoms in total. The van der Waals surface area contributed by atoms with Gasteiger partial charge in [0.05, 0.1) is 12.3 Å². The van der Waals surface area contributed by atoms with Crippen molar-refractivity contribution in [3.05, 3.63) is 23.8 Å². The zero-order valence-corrected chi connectivity index (χ0v) is 13.7. The summed E-state index contributed by atoms with van der Waals surface area (Å²) in [6.07, 6.45) is 3.32. The highest BCUT2D eigenvalue weighted by Gasteiger charge is 2.19. The fraction of sp³-hybridized carbons (Fsp3) is 0.588. The molecular weight excluding hydrogens is 264 g/mol. The fourth-order valence-corrected chi connectivity index (χ4v) is 2.26. The summed E-state index contributed by atoms with van der Waals surface area (Å²) in [5.74, 6) is 0.673. The summed E-state index contributed by atoms with van der Waals surface area (Å²) >= 11 is 0. The lowest BCUT2D eigenvalue weighted by Crippen LogP contribution is -2.37. The van der Waals surface area contributed by atoms with Gasteiger partial charge in [-0.25, -0.2) is 0 Å². The lowest BCUT2D eigenvalue weighted by molar-refractivity contribution is 0.0702. The van der Waals surface area contributed by atoms with E-state index in [-0.39, 0.29) is 11.9 Å². The number of nitrogens with two attached hydrogens (primary N) is 1. The lowest BCUT2D eigenvalue weighted by Gasteiger charge is -2.27. The molecule has 1 aromatic rings. The van der Waals surface area contributed by atoms with Gasteiger partial charge in [-0.3, -0.25) is 4.79 Å². The number of anilines is 1. The van der Waals surface area contributed by atoms with Crippen molar-refractivity contribution < 1.29 is 9.53 Å². The third-order valence-electron chi connectivity index (χ3n) is 3.44. The Hall–Kier alpha value is -1.71. The molecule has 2 N–H and O–H groups in total. The van der Waals surface area contributed by atoms with Gasteiger partial charge in [0.1, 0.15) is 5.75 Å². The molecule has 0 spiro atoms. The largest absolute Gasteiger partial charge is 0.492 e. The summed E-state index contributed by atoms with van der Waals surface area (Å²) in [6, 6.07) is 5.46. The third kappa shape index (κ3) is 4.96. The summed E-state index contributed by atoms with van der Waals surface area (Å²) in [7, 11) is 0. The molecule has 0 aliphatic carbocycles. The minimum absolute atomic E-state index is 0.0378. The zero-order valence-electron chi connectivity index (χ0n) is 13.7. The van der Waals surface area contributed by atoms with Crippen LogP contribution in [0.2, 0.25) is 0 Å². The molecule has 1 amide bonds. The molecule has 1 rings (SSSR count). The van der Waals surface area contributed by atoms with Crippen LogP contribution in [0.25, 0.3) is 0 Å². The summed E-state index contributed by atoms with van der Waals surface area (Å²) < 4.78 is 5.41. The Balaban J connectivity index is 2.85. The molecule has 1 aromatic carbocycles. The van der Waals surface area contributed by atoms with Crippen molar-refractivity contribution in [2.24, 2.45) is 0 Å². The second-order valence-corrected chi connectivity index (χ2v) is 5.49. The minimum atomic E-state index is 0.0378. The Labute approximate surface area is 128 Å². The topological polar surface area (TPSA) is 55.6 Å². The normalized spacial score (nSPS) is 10.7. The maximum atomic E-state index is 12.6. The van der Waals surface area contributed by atoms with Gasteiger partial charge in [0.15, 0.2) is 0 Å². The second-order valence-electron chi connectivity index (χ2n) is 5.49. The molecule has 118 valence electrons. The van der Waals surface area contributed by atoms with Gasteiger partial charge in [0.2, 0.25) is 0 Å². The molecule has 0 bridgehead atoms. The van der Waals surface area contributed by atoms with Crippen LogP contribution >= 0.6 is 0 Å². The van der Waals surface area contributed by atoms with Crippen molar-refractivity contribution in [2.75, 3.05) is 18.9 Å². The summed E-state index contributed by atoms with van der Waals surface area (Å²) in [5, 5.41) is 0. The monoisotopic (exact) mass is 292 g/mol. The number of nitrogens with zero attached hydrogens (tertiary/aromatic N) is 1. The number of unbranched alkanes of at least 4 members (excludes halogenated alkanes) is 2. The van der Waals surface area contributed by atoms with E-state index in [0.717, 1.165) is 25.8 Å². The molecule has 0 aliphatic heterocycles. The summed E-state index contributed by atoms with van der Waals surface area (Å²) in [5.41, 5.74) is 7.09. The number of nitrogen functional groups attached to an aromatic ring is 1. The molecule has 0 fully saturated rings. The average Bonchev–Trinajstić information content (AvgIpc) is 2.45. The van der Waals surface area contributed by atoms with Gasteiger partial charge in [-0.15, -0.1) is 0 Å². The van der Waals surface area contributed by atoms with E-state index in [1.54, 1.807) is 18.2 Å². The predicted molar refractivity (Wildman–Crippen MR) is 87.7 cm³/mol. The first-order chi connectivity index (χ1) is 10.0. The molecule has 0 saturated carbocycles. The highest BCUT2D eigenvalue weighted by molar-refractivity contribution is 5.95. The van der Waals surface area contributed by atoms with Crippen molar-refractivity contribution in [3.8, 4) is 5.75 Å². The number of carbonyl (C=O) groups is 1. The SMILES string of the molecule is CCCCCN(C(=O)c1ccc(OCC)c(N)c1)C(C)C. The van der Waals surface area contributed by atoms with Crippen LogP contribution in [-0.4, -0.2) is 30.0 Å². The van der Waals surface area contributed by atoms with Gasteiger partial charge in [-0.1, -0.05) is 19.8 Å². The first kappa shape index (κ1) is 17.3. The van der Waals surface area contributed by atoms with Crippen LogP contribution in [0.1, 0.15) is 57.3 Å². The number of hydrogen-bond donors (Lipinski definition) is 1. The summed E-state index contributed by atoms with van der Waals surface area (Å²) in [4.78, 5) is 14.5. The van der Waals surface area contributed by atoms with Crippen LogP contribution in [0.3, 0.4) is 0 Å². The molecule has 0 radical (unpaired) electrons. The van der Waals surface area contributed by atoms with Gasteiger partial charge < -0.3 is 15.4 Å². The Kier molecular flexibility index (Phi) is 7.06. The van der Waals surface area contributed by atoms with Crippen LogP contribution in [0.5, 0.6) is 5.75 Å². The molecule has 0 unspecified atom stereocenters. The maximum Gasteiger partial charge on any atom is 0.254 e. The number of rotatable bonds is 8. The molecule has 21 heavy (non-hydrogen) atoms. The van der Waals surface area contributed by atoms with Crippen LogP contribution < -0.4 is 10.5 Å². The van der Waals surface area contributed by atoms with Crippen LogP contribution in [0, 0.1) is 0 Å². The second kappa shape index (κ2) is 8.55. The number of amides is 1. The van der Waals surface area contributed by atoms with Gasteiger partial charge in [0, 0.05) is 18.2 Å². The summed E-state index contributed by atoms with van der Waals surface area (Å²) in [6.45, 7) is 9.51. The van der Waals surface area contributed by atoms with E-state index >= 15 is 0 Å². The predicted octanol–water partition coefficient (Wildman–Crippen LogP) is 3.71. The van der Waals surface area contributed by atoms with E-state index < -0.39 is 0 Å². The van der Waals surface area contributed by atoms with E-state index in [1.807, 2.05) is 25.7 Å². The highest BCUT2D eigenvalue weighted by atomic mass is 16.5. The van der Waals surface area contributed by atoms with Gasteiger partial charge in [-0.2, -0.15) is 0 Å². The molecule has 0 atom stereocenters. The van der Waals surface area contributed by atoms with E-state index in [2.05, 4.69) is 6.92 Å². The minimum Gasteiger partial charge on any atom is -0.492 e. The first-order valence-corrected chi connectivity index (χ1v) is 7.84. The maximum absolute atomic E-state index is 12.6. The van der Waals surface area contributed by atoms with Crippen LogP contribution in [0.4, 0.5) is 5.69 Å². The first-order valence-electron chi connectivity index (χ1n) is 7.84. The van der Waals surface area contributed by atoms with Crippen molar-refractivity contribution in [3.63, 3.8) is 0 Å². The van der Waals surface area contributed by atoms with Crippen LogP contribution in [-0.2, 0) is 0 Å². The van der Waals surface area contributed by atoms with E-state index in [1.165, 1.54) is 0 Å². The number of benzene rings is 1. The molecular formula is C17H28N2O2. The molecule has 0 heterocycles. The van der Waals surface area contributed by atoms with E-state index in [9.17, 15) is 4.79 Å². The van der Waals surface area contributed by atoms with Gasteiger partial charge >= 0.3 is 0 Å². The number of hydrogen-bond acceptors (Lipinski definition) is 3. The molecule has 0 aliphatic rings. The van der Waals surface area contributed by atoms with Crippen LogP contribution in [0.15, 0.2) is 18.2 Å². The molecule has 0 saturated heterocycles. The standard InChI is InChI=1S/C17H28N2O2/c1-5-7-8-11-19(13(3)4)17(20)14-9-10-16(21-6-2)15(18)12-14/h9-10,12-13H,5-8,11,18H2,1-4H3. The van der Waals surface area contributed by atoms with Crippen molar-refractivity contribution in [1.82, 2.24) is 4.90 Å². The lowest BCUT2D eigenvalue weighted by atomic mass is 10.1. The number of carbonyl (C=O) groups excluding carboxylic acids is 1. The Bertz CT molecular complexity index is 458. The van der Waals surface area contributed by atoms with E-state index in [0.29, 0.717) is 23.6 Å². The average molecular weight is 292 g/mol. The Morgan fingerprint density at radius 3 is 2.52 bits per heavy atom. The van der Waals surface area contributed by atoms with Gasteiger partial charge in [-0.05, 0) is 45.4 Å². The quantitative estimate of drug-likeness (QED) is 0.587. The van der Waals surface area contributed by atoms with Crippen molar-refractivity contribution in [2.45, 2.75) is 53.0 Å². The van der Waals surface area contributed by atoms with Gasteiger partial charge in [0.25, 0.3) is 5.91 Å². The highest BCUT2D eigenvalue weighted by Crippen LogP contribution is 2.23. The number of ether oxygens (including phenoxy) is 1. The Morgan fingerprint density at radius 1 is 1.29 bits per heavy atom. The molecule has 4 heteroatoms. The fourth-order valence-electron chi connectivity index (χ4n) is 2.26. The Morgan fingerprint density at radius 2 is 2.00 bits per heavy atom. The van der Waals surface area contributed by atoms with Crippen molar-refractivity contribution in [1.29, 1.82) is 0 Å². The zero-order chi connectivity index (χ0) is 15.8. The smallest absolute Gasteiger partial charge is 0.254 e. The molecule has 0 aromatic heterocycles. The third-order valence-corrected chi connectivity index (χ3v) is 3.44.